The van der Waals surface area contributed by atoms with Crippen LogP contribution < -0.4 is 5.73 Å². The fraction of sp³-hybridized carbons (Fsp3) is 0.182. The topological polar surface area (TPSA) is 87.0 Å². The second-order valence-electron chi connectivity index (χ2n) is 3.71. The Kier molecular flexibility index (Phi) is 3.73. The number of benzene rings is 1. The predicted octanol–water partition coefficient (Wildman–Crippen LogP) is 2.06. The molecule has 0 amide bonds. The summed E-state index contributed by atoms with van der Waals surface area (Å²) in [4.78, 5) is 14.7. The van der Waals surface area contributed by atoms with Gasteiger partial charge in [-0.2, -0.15) is 0 Å². The fourth-order valence-corrected chi connectivity index (χ4v) is 2.05. The van der Waals surface area contributed by atoms with Gasteiger partial charge < -0.3 is 10.3 Å². The Morgan fingerprint density at radius 1 is 1.50 bits per heavy atom. The number of halogens is 1. The number of hydrogen-bond acceptors (Lipinski definition) is 4. The molecule has 0 saturated carbocycles. The summed E-state index contributed by atoms with van der Waals surface area (Å²) < 4.78 is 2.48. The third kappa shape index (κ3) is 2.57. The molecule has 0 aliphatic carbocycles. The standard InChI is InChI=1S/C11H11BrN4O2/c12-9-2-1-8(10(5-9)16(17)18)7-15-4-3-14-11(15)6-13/h1-5H,6-7,13H2. The molecule has 0 aliphatic rings. The molecular weight excluding hydrogens is 300 g/mol. The van der Waals surface area contributed by atoms with Gasteiger partial charge in [-0.05, 0) is 12.1 Å². The molecule has 2 aromatic rings. The van der Waals surface area contributed by atoms with Crippen molar-refractivity contribution in [1.29, 1.82) is 0 Å². The van der Waals surface area contributed by atoms with Crippen LogP contribution in [0.1, 0.15) is 11.4 Å². The summed E-state index contributed by atoms with van der Waals surface area (Å²) in [5.41, 5.74) is 6.25. The number of nitro groups is 1. The molecule has 0 saturated heterocycles. The average Bonchev–Trinajstić information content (AvgIpc) is 2.78. The van der Waals surface area contributed by atoms with E-state index in [9.17, 15) is 10.1 Å². The first-order valence-electron chi connectivity index (χ1n) is 5.24. The van der Waals surface area contributed by atoms with Crippen LogP contribution in [0, 0.1) is 10.1 Å². The third-order valence-electron chi connectivity index (χ3n) is 2.57. The summed E-state index contributed by atoms with van der Waals surface area (Å²) in [5.74, 6) is 0.701. The number of rotatable bonds is 4. The normalized spacial score (nSPS) is 10.6. The molecule has 1 heterocycles. The number of nitrogens with zero attached hydrogens (tertiary/aromatic N) is 3. The van der Waals surface area contributed by atoms with Crippen molar-refractivity contribution >= 4 is 21.6 Å². The first-order valence-corrected chi connectivity index (χ1v) is 6.04. The molecule has 7 heteroatoms. The highest BCUT2D eigenvalue weighted by atomic mass is 79.9. The van der Waals surface area contributed by atoms with Crippen molar-refractivity contribution in [2.24, 2.45) is 5.73 Å². The van der Waals surface area contributed by atoms with Gasteiger partial charge in [0.1, 0.15) is 5.82 Å². The van der Waals surface area contributed by atoms with Gasteiger partial charge >= 0.3 is 0 Å². The minimum absolute atomic E-state index is 0.0843. The van der Waals surface area contributed by atoms with Gasteiger partial charge in [-0.3, -0.25) is 10.1 Å². The number of nitro benzene ring substituents is 1. The summed E-state index contributed by atoms with van der Waals surface area (Å²) in [6.45, 7) is 0.688. The molecule has 1 aromatic carbocycles. The lowest BCUT2D eigenvalue weighted by Gasteiger charge is -2.07. The van der Waals surface area contributed by atoms with Crippen LogP contribution in [0.2, 0.25) is 0 Å². The van der Waals surface area contributed by atoms with E-state index >= 15 is 0 Å². The maximum Gasteiger partial charge on any atom is 0.275 e. The molecule has 0 spiro atoms. The third-order valence-corrected chi connectivity index (χ3v) is 3.06. The van der Waals surface area contributed by atoms with Gasteiger partial charge in [0.25, 0.3) is 5.69 Å². The van der Waals surface area contributed by atoms with E-state index < -0.39 is 0 Å². The molecule has 0 atom stereocenters. The number of imidazole rings is 1. The first-order chi connectivity index (χ1) is 8.61. The number of nitrogens with two attached hydrogens (primary N) is 1. The van der Waals surface area contributed by atoms with Crippen LogP contribution >= 0.6 is 15.9 Å². The summed E-state index contributed by atoms with van der Waals surface area (Å²) in [7, 11) is 0. The highest BCUT2D eigenvalue weighted by Crippen LogP contribution is 2.24. The summed E-state index contributed by atoms with van der Waals surface area (Å²) >= 11 is 3.23. The van der Waals surface area contributed by atoms with E-state index in [2.05, 4.69) is 20.9 Å². The molecule has 0 unspecified atom stereocenters. The van der Waals surface area contributed by atoms with Crippen molar-refractivity contribution in [1.82, 2.24) is 9.55 Å². The lowest BCUT2D eigenvalue weighted by Crippen LogP contribution is -2.09. The SMILES string of the molecule is NCc1nccn1Cc1ccc(Br)cc1[N+](=O)[O-]. The molecule has 0 radical (unpaired) electrons. The Morgan fingerprint density at radius 2 is 2.28 bits per heavy atom. The van der Waals surface area contributed by atoms with Crippen molar-refractivity contribution in [3.8, 4) is 0 Å². The summed E-state index contributed by atoms with van der Waals surface area (Å²) in [6, 6.07) is 5.00. The monoisotopic (exact) mass is 310 g/mol. The van der Waals surface area contributed by atoms with E-state index in [1.54, 1.807) is 29.1 Å². The Bertz CT molecular complexity index is 582. The molecule has 1 aromatic heterocycles. The van der Waals surface area contributed by atoms with Gasteiger partial charge in [0, 0.05) is 28.5 Å². The molecular formula is C11H11BrN4O2. The number of hydrogen-bond donors (Lipinski definition) is 1. The molecule has 18 heavy (non-hydrogen) atoms. The van der Waals surface area contributed by atoms with Gasteiger partial charge in [0.2, 0.25) is 0 Å². The smallest absolute Gasteiger partial charge is 0.275 e. The maximum absolute atomic E-state index is 11.0. The molecule has 0 fully saturated rings. The quantitative estimate of drug-likeness (QED) is 0.691. The van der Waals surface area contributed by atoms with Crippen LogP contribution in [-0.4, -0.2) is 14.5 Å². The Hall–Kier alpha value is -1.73. The van der Waals surface area contributed by atoms with Crippen LogP contribution in [0.5, 0.6) is 0 Å². The minimum Gasteiger partial charge on any atom is -0.329 e. The van der Waals surface area contributed by atoms with Crippen LogP contribution in [-0.2, 0) is 13.1 Å². The molecule has 94 valence electrons. The van der Waals surface area contributed by atoms with E-state index in [-0.39, 0.29) is 10.6 Å². The van der Waals surface area contributed by atoms with E-state index in [0.29, 0.717) is 29.0 Å². The zero-order chi connectivity index (χ0) is 13.1. The van der Waals surface area contributed by atoms with Crippen LogP contribution in [0.25, 0.3) is 0 Å². The van der Waals surface area contributed by atoms with Crippen molar-refractivity contribution < 1.29 is 4.92 Å². The second kappa shape index (κ2) is 5.28. The highest BCUT2D eigenvalue weighted by molar-refractivity contribution is 9.10. The minimum atomic E-state index is -0.390. The van der Waals surface area contributed by atoms with Gasteiger partial charge in [0.15, 0.2) is 0 Å². The lowest BCUT2D eigenvalue weighted by atomic mass is 10.2. The Labute approximate surface area is 112 Å². The van der Waals surface area contributed by atoms with Crippen molar-refractivity contribution in [3.63, 3.8) is 0 Å². The zero-order valence-corrected chi connectivity index (χ0v) is 11.0. The van der Waals surface area contributed by atoms with Crippen LogP contribution in [0.3, 0.4) is 0 Å². The average molecular weight is 311 g/mol. The van der Waals surface area contributed by atoms with E-state index in [1.807, 2.05) is 0 Å². The fourth-order valence-electron chi connectivity index (χ4n) is 1.70. The van der Waals surface area contributed by atoms with Crippen molar-refractivity contribution in [3.05, 3.63) is 56.6 Å². The molecule has 0 bridgehead atoms. The van der Waals surface area contributed by atoms with Crippen molar-refractivity contribution in [2.45, 2.75) is 13.1 Å². The second-order valence-corrected chi connectivity index (χ2v) is 4.62. The zero-order valence-electron chi connectivity index (χ0n) is 9.41. The summed E-state index contributed by atoms with van der Waals surface area (Å²) in [5, 5.41) is 11.0. The number of aromatic nitrogens is 2. The van der Waals surface area contributed by atoms with Crippen LogP contribution in [0.15, 0.2) is 35.1 Å². The van der Waals surface area contributed by atoms with Gasteiger partial charge in [0.05, 0.1) is 18.0 Å². The lowest BCUT2D eigenvalue weighted by molar-refractivity contribution is -0.385. The first kappa shape index (κ1) is 12.7. The Balaban J connectivity index is 2.37. The van der Waals surface area contributed by atoms with E-state index in [0.717, 1.165) is 0 Å². The largest absolute Gasteiger partial charge is 0.329 e. The molecule has 6 nitrogen and oxygen atoms in total. The Morgan fingerprint density at radius 3 is 2.94 bits per heavy atom. The maximum atomic E-state index is 11.0. The van der Waals surface area contributed by atoms with Gasteiger partial charge in [-0.1, -0.05) is 15.9 Å². The van der Waals surface area contributed by atoms with E-state index in [1.165, 1.54) is 6.07 Å². The molecule has 2 rings (SSSR count). The van der Waals surface area contributed by atoms with Crippen LogP contribution in [0.4, 0.5) is 5.69 Å². The van der Waals surface area contributed by atoms with Gasteiger partial charge in [-0.15, -0.1) is 0 Å². The van der Waals surface area contributed by atoms with E-state index in [4.69, 9.17) is 5.73 Å². The van der Waals surface area contributed by atoms with Gasteiger partial charge in [-0.25, -0.2) is 4.98 Å². The molecule has 0 aliphatic heterocycles. The van der Waals surface area contributed by atoms with Crippen molar-refractivity contribution in [2.75, 3.05) is 0 Å². The highest BCUT2D eigenvalue weighted by Gasteiger charge is 2.15. The molecule has 2 N–H and O–H groups in total. The summed E-state index contributed by atoms with van der Waals surface area (Å²) in [6.07, 6.45) is 3.39. The predicted molar refractivity (Wildman–Crippen MR) is 70.0 cm³/mol.